The minimum absolute atomic E-state index is 0.0659. The van der Waals surface area contributed by atoms with Crippen molar-refractivity contribution in [3.05, 3.63) is 65.8 Å². The molecule has 138 valence electrons. The molecule has 1 aliphatic rings. The van der Waals surface area contributed by atoms with Gasteiger partial charge in [-0.05, 0) is 43.0 Å². The van der Waals surface area contributed by atoms with Gasteiger partial charge in [-0.25, -0.2) is 4.39 Å². The van der Waals surface area contributed by atoms with Crippen molar-refractivity contribution < 1.29 is 13.6 Å². The summed E-state index contributed by atoms with van der Waals surface area (Å²) in [5.74, 6) is 0.588. The summed E-state index contributed by atoms with van der Waals surface area (Å²) in [5, 5.41) is 8.10. The molecule has 0 radical (unpaired) electrons. The molecule has 3 aromatic rings. The van der Waals surface area contributed by atoms with Gasteiger partial charge in [0.2, 0.25) is 17.7 Å². The normalized spacial score (nSPS) is 13.4. The summed E-state index contributed by atoms with van der Waals surface area (Å²) in [6.45, 7) is 0.561. The number of benzene rings is 2. The smallest absolute Gasteiger partial charge is 0.247 e. The summed E-state index contributed by atoms with van der Waals surface area (Å²) in [6, 6.07) is 14.6. The van der Waals surface area contributed by atoms with Gasteiger partial charge in [0.1, 0.15) is 5.82 Å². The highest BCUT2D eigenvalue weighted by Crippen LogP contribution is 2.30. The van der Waals surface area contributed by atoms with Gasteiger partial charge in [-0.1, -0.05) is 30.3 Å². The van der Waals surface area contributed by atoms with Crippen LogP contribution in [-0.4, -0.2) is 22.6 Å². The molecule has 5 nitrogen and oxygen atoms in total. The summed E-state index contributed by atoms with van der Waals surface area (Å²) in [7, 11) is 0. The highest BCUT2D eigenvalue weighted by molar-refractivity contribution is 5.94. The summed E-state index contributed by atoms with van der Waals surface area (Å²) in [4.78, 5) is 14.2. The topological polar surface area (TPSA) is 59.2 Å². The lowest BCUT2D eigenvalue weighted by molar-refractivity contribution is -0.118. The molecular weight excluding hydrogens is 345 g/mol. The summed E-state index contributed by atoms with van der Waals surface area (Å²) >= 11 is 0. The number of rotatable bonds is 5. The highest BCUT2D eigenvalue weighted by Gasteiger charge is 2.25. The largest absolute Gasteiger partial charge is 0.421 e. The van der Waals surface area contributed by atoms with Crippen LogP contribution in [0.5, 0.6) is 0 Å². The maximum Gasteiger partial charge on any atom is 0.247 e. The number of anilines is 1. The zero-order valence-corrected chi connectivity index (χ0v) is 14.9. The van der Waals surface area contributed by atoms with Gasteiger partial charge in [0, 0.05) is 24.9 Å². The number of carbonyl (C=O) groups is 1. The molecule has 1 aliphatic heterocycles. The highest BCUT2D eigenvalue weighted by atomic mass is 19.1. The van der Waals surface area contributed by atoms with E-state index in [4.69, 9.17) is 4.42 Å². The first kappa shape index (κ1) is 17.4. The fraction of sp³-hybridized carbons (Fsp3) is 0.286. The van der Waals surface area contributed by atoms with Gasteiger partial charge in [0.05, 0.1) is 5.69 Å². The fourth-order valence-corrected chi connectivity index (χ4v) is 3.43. The standard InChI is InChI=1S/C21H20FN3O2/c22-17-11-4-9-15-10-6-14-25(20(15)17)19(26)13-5-12-18-23-24-21(27-18)16-7-2-1-3-8-16/h1-4,7-9,11H,5-6,10,12-14H2. The molecule has 2 heterocycles. The molecule has 1 aromatic heterocycles. The molecular formula is C21H20FN3O2. The van der Waals surface area contributed by atoms with Crippen LogP contribution in [0.4, 0.5) is 10.1 Å². The van der Waals surface area contributed by atoms with Crippen molar-refractivity contribution in [1.29, 1.82) is 0 Å². The number of halogens is 1. The van der Waals surface area contributed by atoms with Crippen LogP contribution < -0.4 is 4.90 Å². The van der Waals surface area contributed by atoms with Gasteiger partial charge >= 0.3 is 0 Å². The van der Waals surface area contributed by atoms with Crippen molar-refractivity contribution in [2.45, 2.75) is 32.1 Å². The Kier molecular flexibility index (Phi) is 4.96. The fourth-order valence-electron chi connectivity index (χ4n) is 3.43. The average Bonchev–Trinajstić information content (AvgIpc) is 3.17. The molecule has 0 fully saturated rings. The van der Waals surface area contributed by atoms with E-state index in [9.17, 15) is 9.18 Å². The number of hydrogen-bond acceptors (Lipinski definition) is 4. The van der Waals surface area contributed by atoms with Crippen LogP contribution in [0.3, 0.4) is 0 Å². The van der Waals surface area contributed by atoms with Crippen molar-refractivity contribution in [1.82, 2.24) is 10.2 Å². The Bertz CT molecular complexity index is 940. The van der Waals surface area contributed by atoms with Gasteiger partial charge in [-0.2, -0.15) is 0 Å². The molecule has 27 heavy (non-hydrogen) atoms. The second kappa shape index (κ2) is 7.70. The van der Waals surface area contributed by atoms with E-state index in [1.54, 1.807) is 11.0 Å². The Morgan fingerprint density at radius 2 is 1.96 bits per heavy atom. The molecule has 6 heteroatoms. The summed E-state index contributed by atoms with van der Waals surface area (Å²) < 4.78 is 19.9. The molecule has 0 bridgehead atoms. The number of aromatic nitrogens is 2. The maximum absolute atomic E-state index is 14.2. The first-order valence-corrected chi connectivity index (χ1v) is 9.18. The summed E-state index contributed by atoms with van der Waals surface area (Å²) in [6.07, 6.45) is 3.07. The van der Waals surface area contributed by atoms with Gasteiger partial charge in [-0.15, -0.1) is 10.2 Å². The Morgan fingerprint density at radius 1 is 1.11 bits per heavy atom. The van der Waals surface area contributed by atoms with E-state index >= 15 is 0 Å². The van der Waals surface area contributed by atoms with Crippen molar-refractivity contribution >= 4 is 11.6 Å². The van der Waals surface area contributed by atoms with Crippen LogP contribution in [0.15, 0.2) is 52.9 Å². The van der Waals surface area contributed by atoms with E-state index in [0.29, 0.717) is 43.3 Å². The minimum Gasteiger partial charge on any atom is -0.421 e. The van der Waals surface area contributed by atoms with E-state index in [0.717, 1.165) is 24.0 Å². The lowest BCUT2D eigenvalue weighted by Gasteiger charge is -2.29. The van der Waals surface area contributed by atoms with Crippen LogP contribution in [0, 0.1) is 5.82 Å². The third-order valence-corrected chi connectivity index (χ3v) is 4.74. The summed E-state index contributed by atoms with van der Waals surface area (Å²) in [5.41, 5.74) is 2.21. The van der Waals surface area contributed by atoms with Crippen molar-refractivity contribution in [2.24, 2.45) is 0 Å². The quantitative estimate of drug-likeness (QED) is 0.681. The predicted molar refractivity (Wildman–Crippen MR) is 99.7 cm³/mol. The number of carbonyl (C=O) groups excluding carboxylic acids is 1. The average molecular weight is 365 g/mol. The lowest BCUT2D eigenvalue weighted by atomic mass is 10.0. The van der Waals surface area contributed by atoms with Gasteiger partial charge in [-0.3, -0.25) is 4.79 Å². The third-order valence-electron chi connectivity index (χ3n) is 4.74. The minimum atomic E-state index is -0.329. The molecule has 0 N–H and O–H groups in total. The number of fused-ring (bicyclic) bond motifs is 1. The molecule has 0 saturated carbocycles. The van der Waals surface area contributed by atoms with Crippen LogP contribution in [0.2, 0.25) is 0 Å². The Balaban J connectivity index is 1.37. The molecule has 0 spiro atoms. The number of aryl methyl sites for hydroxylation is 2. The number of para-hydroxylation sites is 1. The second-order valence-corrected chi connectivity index (χ2v) is 6.62. The number of amides is 1. The van der Waals surface area contributed by atoms with E-state index in [1.165, 1.54) is 6.07 Å². The van der Waals surface area contributed by atoms with E-state index < -0.39 is 0 Å². The van der Waals surface area contributed by atoms with Crippen LogP contribution in [0.25, 0.3) is 11.5 Å². The monoisotopic (exact) mass is 365 g/mol. The number of nitrogens with zero attached hydrogens (tertiary/aromatic N) is 3. The van der Waals surface area contributed by atoms with E-state index in [1.807, 2.05) is 36.4 Å². The van der Waals surface area contributed by atoms with Crippen LogP contribution in [0.1, 0.15) is 30.7 Å². The lowest BCUT2D eigenvalue weighted by Crippen LogP contribution is -2.36. The van der Waals surface area contributed by atoms with E-state index in [2.05, 4.69) is 10.2 Å². The zero-order valence-electron chi connectivity index (χ0n) is 14.9. The molecule has 1 amide bonds. The van der Waals surface area contributed by atoms with Crippen molar-refractivity contribution in [2.75, 3.05) is 11.4 Å². The zero-order chi connectivity index (χ0) is 18.6. The Morgan fingerprint density at radius 3 is 2.81 bits per heavy atom. The molecule has 2 aromatic carbocycles. The van der Waals surface area contributed by atoms with Crippen LogP contribution >= 0.6 is 0 Å². The molecule has 4 rings (SSSR count). The van der Waals surface area contributed by atoms with Crippen LogP contribution in [-0.2, 0) is 17.6 Å². The molecule has 0 saturated heterocycles. The van der Waals surface area contributed by atoms with Gasteiger partial charge in [0.15, 0.2) is 0 Å². The van der Waals surface area contributed by atoms with Gasteiger partial charge in [0.25, 0.3) is 0 Å². The van der Waals surface area contributed by atoms with Crippen molar-refractivity contribution in [3.63, 3.8) is 0 Å². The first-order chi connectivity index (χ1) is 13.2. The predicted octanol–water partition coefficient (Wildman–Crippen LogP) is 4.18. The van der Waals surface area contributed by atoms with Crippen molar-refractivity contribution in [3.8, 4) is 11.5 Å². The molecule has 0 atom stereocenters. The first-order valence-electron chi connectivity index (χ1n) is 9.18. The van der Waals surface area contributed by atoms with Gasteiger partial charge < -0.3 is 9.32 Å². The third kappa shape index (κ3) is 3.74. The SMILES string of the molecule is O=C(CCCc1nnc(-c2ccccc2)o1)N1CCCc2cccc(F)c21. The maximum atomic E-state index is 14.2. The molecule has 0 aliphatic carbocycles. The molecule has 0 unspecified atom stereocenters. The second-order valence-electron chi connectivity index (χ2n) is 6.62. The Labute approximate surface area is 156 Å². The van der Waals surface area contributed by atoms with E-state index in [-0.39, 0.29) is 11.7 Å². The number of hydrogen-bond donors (Lipinski definition) is 0. The Hall–Kier alpha value is -3.02.